The molecule has 0 aliphatic carbocycles. The number of aromatic nitrogens is 3. The average molecular weight is 357 g/mol. The van der Waals surface area contributed by atoms with E-state index in [2.05, 4.69) is 20.0 Å². The molecule has 0 saturated carbocycles. The van der Waals surface area contributed by atoms with Crippen LogP contribution in [0.25, 0.3) is 0 Å². The summed E-state index contributed by atoms with van der Waals surface area (Å²) in [5.41, 5.74) is 2.47. The van der Waals surface area contributed by atoms with E-state index in [9.17, 15) is 9.90 Å². The second-order valence-electron chi connectivity index (χ2n) is 6.94. The highest BCUT2D eigenvalue weighted by Gasteiger charge is 2.27. The van der Waals surface area contributed by atoms with E-state index in [1.165, 1.54) is 6.26 Å². The van der Waals surface area contributed by atoms with Crippen molar-refractivity contribution in [2.24, 2.45) is 5.92 Å². The topological polar surface area (TPSA) is 95.6 Å². The van der Waals surface area contributed by atoms with Gasteiger partial charge in [-0.3, -0.25) is 4.79 Å². The maximum Gasteiger partial charge on any atom is 0.276 e. The molecule has 0 radical (unpaired) electrons. The lowest BCUT2D eigenvalue weighted by Crippen LogP contribution is -2.38. The van der Waals surface area contributed by atoms with Crippen LogP contribution in [0.4, 0.5) is 5.82 Å². The van der Waals surface area contributed by atoms with Crippen LogP contribution in [0.15, 0.2) is 23.2 Å². The second-order valence-corrected chi connectivity index (χ2v) is 6.94. The first-order valence-corrected chi connectivity index (χ1v) is 9.14. The summed E-state index contributed by atoms with van der Waals surface area (Å²) in [5.74, 6) is 1.15. The van der Waals surface area contributed by atoms with Crippen molar-refractivity contribution in [1.29, 1.82) is 0 Å². The number of aliphatic hydroxyl groups excluding tert-OH is 1. The van der Waals surface area contributed by atoms with E-state index >= 15 is 0 Å². The second kappa shape index (κ2) is 7.41. The first-order chi connectivity index (χ1) is 12.8. The fourth-order valence-corrected chi connectivity index (χ4v) is 3.88. The van der Waals surface area contributed by atoms with Crippen LogP contribution in [0.2, 0.25) is 0 Å². The van der Waals surface area contributed by atoms with Gasteiger partial charge in [0.15, 0.2) is 5.69 Å². The zero-order valence-electron chi connectivity index (χ0n) is 14.7. The van der Waals surface area contributed by atoms with Crippen molar-refractivity contribution in [3.8, 4) is 0 Å². The summed E-state index contributed by atoms with van der Waals surface area (Å²) in [5, 5.41) is 13.3. The molecule has 0 bridgehead atoms. The number of piperidine rings is 1. The normalized spacial score (nSPS) is 20.6. The SMILES string of the molecule is O=C(c1ccon1)N1CCc2ncnc(N3CCCC(CO)C3)c2CC1. The third-order valence-corrected chi connectivity index (χ3v) is 5.28. The van der Waals surface area contributed by atoms with Crippen LogP contribution >= 0.6 is 0 Å². The van der Waals surface area contributed by atoms with Gasteiger partial charge in [0.25, 0.3) is 5.91 Å². The Morgan fingerprint density at radius 1 is 1.27 bits per heavy atom. The molecule has 4 rings (SSSR count). The summed E-state index contributed by atoms with van der Waals surface area (Å²) in [7, 11) is 0. The Hall–Kier alpha value is -2.48. The number of carbonyl (C=O) groups is 1. The van der Waals surface area contributed by atoms with Crippen LogP contribution in [0.5, 0.6) is 0 Å². The molecule has 0 spiro atoms. The van der Waals surface area contributed by atoms with Crippen molar-refractivity contribution in [1.82, 2.24) is 20.0 Å². The molecule has 1 N–H and O–H groups in total. The minimum absolute atomic E-state index is 0.112. The fourth-order valence-electron chi connectivity index (χ4n) is 3.88. The Morgan fingerprint density at radius 2 is 2.15 bits per heavy atom. The molecular formula is C18H23N5O3. The highest BCUT2D eigenvalue weighted by atomic mass is 16.5. The van der Waals surface area contributed by atoms with Gasteiger partial charge in [-0.1, -0.05) is 5.16 Å². The van der Waals surface area contributed by atoms with Gasteiger partial charge in [0.2, 0.25) is 0 Å². The molecule has 1 atom stereocenters. The molecule has 4 heterocycles. The zero-order chi connectivity index (χ0) is 17.9. The molecule has 2 aliphatic rings. The Morgan fingerprint density at radius 3 is 2.96 bits per heavy atom. The molecule has 1 unspecified atom stereocenters. The van der Waals surface area contributed by atoms with Crippen LogP contribution in [0.3, 0.4) is 0 Å². The van der Waals surface area contributed by atoms with Crippen molar-refractivity contribution in [3.63, 3.8) is 0 Å². The van der Waals surface area contributed by atoms with Gasteiger partial charge in [-0.05, 0) is 25.2 Å². The van der Waals surface area contributed by atoms with Gasteiger partial charge in [-0.2, -0.15) is 0 Å². The van der Waals surface area contributed by atoms with Gasteiger partial charge in [0, 0.05) is 50.8 Å². The van der Waals surface area contributed by atoms with E-state index in [4.69, 9.17) is 4.52 Å². The van der Waals surface area contributed by atoms with Crippen LogP contribution in [-0.2, 0) is 12.8 Å². The quantitative estimate of drug-likeness (QED) is 0.872. The minimum Gasteiger partial charge on any atom is -0.396 e. The Labute approximate surface area is 151 Å². The molecule has 2 aromatic rings. The smallest absolute Gasteiger partial charge is 0.276 e. The number of rotatable bonds is 3. The van der Waals surface area contributed by atoms with Gasteiger partial charge < -0.3 is 19.4 Å². The van der Waals surface area contributed by atoms with E-state index in [1.54, 1.807) is 17.3 Å². The molecule has 8 nitrogen and oxygen atoms in total. The number of carbonyl (C=O) groups excluding carboxylic acids is 1. The van der Waals surface area contributed by atoms with Crippen molar-refractivity contribution in [3.05, 3.63) is 35.6 Å². The third-order valence-electron chi connectivity index (χ3n) is 5.28. The number of amides is 1. The van der Waals surface area contributed by atoms with Gasteiger partial charge >= 0.3 is 0 Å². The zero-order valence-corrected chi connectivity index (χ0v) is 14.7. The average Bonchev–Trinajstić information content (AvgIpc) is 3.14. The highest BCUT2D eigenvalue weighted by Crippen LogP contribution is 2.28. The standard InChI is InChI=1S/C18H23N5O3/c24-11-13-2-1-6-23(10-13)17-14-3-7-22(8-4-15(14)19-12-20-17)18(25)16-5-9-26-21-16/h5,9,12-13,24H,1-4,6-8,10-11H2. The first-order valence-electron chi connectivity index (χ1n) is 9.14. The summed E-state index contributed by atoms with van der Waals surface area (Å²) in [6.45, 7) is 3.19. The van der Waals surface area contributed by atoms with Gasteiger partial charge in [0.05, 0.1) is 5.69 Å². The molecule has 138 valence electrons. The molecule has 2 aromatic heterocycles. The van der Waals surface area contributed by atoms with Crippen molar-refractivity contribution in [2.45, 2.75) is 25.7 Å². The molecule has 1 saturated heterocycles. The molecular weight excluding hydrogens is 334 g/mol. The lowest BCUT2D eigenvalue weighted by molar-refractivity contribution is 0.0752. The third kappa shape index (κ3) is 3.29. The first kappa shape index (κ1) is 17.0. The number of nitrogens with zero attached hydrogens (tertiary/aromatic N) is 5. The van der Waals surface area contributed by atoms with Gasteiger partial charge in [-0.15, -0.1) is 0 Å². The molecule has 1 amide bonds. The number of anilines is 1. The van der Waals surface area contributed by atoms with E-state index in [0.29, 0.717) is 31.1 Å². The van der Waals surface area contributed by atoms with Crippen molar-refractivity contribution >= 4 is 11.7 Å². The Kier molecular flexibility index (Phi) is 4.83. The predicted octanol–water partition coefficient (Wildman–Crippen LogP) is 0.914. The van der Waals surface area contributed by atoms with Crippen LogP contribution < -0.4 is 4.90 Å². The summed E-state index contributed by atoms with van der Waals surface area (Å²) < 4.78 is 4.79. The van der Waals surface area contributed by atoms with E-state index in [0.717, 1.165) is 49.4 Å². The molecule has 8 heteroatoms. The van der Waals surface area contributed by atoms with Crippen LogP contribution in [0, 0.1) is 5.92 Å². The maximum atomic E-state index is 12.6. The Balaban J connectivity index is 1.54. The lowest BCUT2D eigenvalue weighted by Gasteiger charge is -2.34. The van der Waals surface area contributed by atoms with Gasteiger partial charge in [-0.25, -0.2) is 9.97 Å². The minimum atomic E-state index is -0.112. The monoisotopic (exact) mass is 357 g/mol. The van der Waals surface area contributed by atoms with Crippen molar-refractivity contribution in [2.75, 3.05) is 37.7 Å². The Bertz CT molecular complexity index is 764. The molecule has 0 aromatic carbocycles. The van der Waals surface area contributed by atoms with E-state index in [-0.39, 0.29) is 12.5 Å². The summed E-state index contributed by atoms with van der Waals surface area (Å²) in [6, 6.07) is 1.59. The number of aliphatic hydroxyl groups is 1. The van der Waals surface area contributed by atoms with Crippen LogP contribution in [0.1, 0.15) is 34.6 Å². The fraction of sp³-hybridized carbons (Fsp3) is 0.556. The summed E-state index contributed by atoms with van der Waals surface area (Å²) in [4.78, 5) is 25.6. The lowest BCUT2D eigenvalue weighted by atomic mass is 9.98. The number of hydrogen-bond acceptors (Lipinski definition) is 7. The number of fused-ring (bicyclic) bond motifs is 1. The molecule has 1 fully saturated rings. The van der Waals surface area contributed by atoms with E-state index in [1.807, 2.05) is 0 Å². The van der Waals surface area contributed by atoms with Gasteiger partial charge in [0.1, 0.15) is 18.4 Å². The molecule has 26 heavy (non-hydrogen) atoms. The van der Waals surface area contributed by atoms with Crippen LogP contribution in [-0.4, -0.2) is 63.8 Å². The maximum absolute atomic E-state index is 12.6. The highest BCUT2D eigenvalue weighted by molar-refractivity contribution is 5.92. The number of hydrogen-bond donors (Lipinski definition) is 1. The predicted molar refractivity (Wildman–Crippen MR) is 93.9 cm³/mol. The largest absolute Gasteiger partial charge is 0.396 e. The molecule has 2 aliphatic heterocycles. The van der Waals surface area contributed by atoms with E-state index < -0.39 is 0 Å². The van der Waals surface area contributed by atoms with Crippen molar-refractivity contribution < 1.29 is 14.4 Å². The summed E-state index contributed by atoms with van der Waals surface area (Å²) >= 11 is 0. The summed E-state index contributed by atoms with van der Waals surface area (Å²) in [6.07, 6.45) is 6.56.